The van der Waals surface area contributed by atoms with Gasteiger partial charge in [-0.3, -0.25) is 0 Å². The van der Waals surface area contributed by atoms with E-state index in [9.17, 15) is 0 Å². The Balaban J connectivity index is 1.41. The molecular formula is C66H83BN2O2. The topological polar surface area (TPSA) is 32.8 Å². The standard InChI is InChI=1S/C66H83BN2O2/c1-60(2,3)41-23-27-45(28-24-41)68-51-32-40(39-22-21-31-66(19,20)38-39)33-52-53(51)67(58-54(68)47-34-43(62(7,8)9)36-49(56(47)70-58)64(13,14)15)59-55(69(52)46-29-25-42(26-30-46)61(4,5)6)48-35-44(63(10,11)12)37-50(57(48)71-59)65(16,17)18/h23-30,32-37,39H,21-22,31,38H2,1-20H3. The van der Waals surface area contributed by atoms with Gasteiger partial charge in [-0.05, 0) is 145 Å². The van der Waals surface area contributed by atoms with Crippen molar-refractivity contribution in [3.63, 3.8) is 0 Å². The van der Waals surface area contributed by atoms with E-state index < -0.39 is 0 Å². The van der Waals surface area contributed by atoms with E-state index in [1.54, 1.807) is 0 Å². The van der Waals surface area contributed by atoms with Crippen molar-refractivity contribution in [1.82, 2.24) is 0 Å². The molecule has 1 fully saturated rings. The number of anilines is 6. The molecule has 2 aliphatic heterocycles. The minimum absolute atomic E-state index is 0.00854. The van der Waals surface area contributed by atoms with Crippen LogP contribution in [0, 0.1) is 5.41 Å². The Morgan fingerprint density at radius 2 is 0.859 bits per heavy atom. The number of nitrogens with zero attached hydrogens (tertiary/aromatic N) is 2. The van der Waals surface area contributed by atoms with Gasteiger partial charge in [-0.25, -0.2) is 0 Å². The summed E-state index contributed by atoms with van der Waals surface area (Å²) in [5.74, 6) is 0.416. The summed E-state index contributed by atoms with van der Waals surface area (Å²) >= 11 is 0. The second-order valence-electron chi connectivity index (χ2n) is 29.1. The first-order chi connectivity index (χ1) is 32.7. The molecular weight excluding hydrogens is 864 g/mol. The van der Waals surface area contributed by atoms with Crippen LogP contribution in [0.1, 0.15) is 209 Å². The van der Waals surface area contributed by atoms with Crippen molar-refractivity contribution in [3.05, 3.63) is 124 Å². The summed E-state index contributed by atoms with van der Waals surface area (Å²) in [6.07, 6.45) is 4.82. The summed E-state index contributed by atoms with van der Waals surface area (Å²) in [6, 6.07) is 33.9. The molecule has 0 N–H and O–H groups in total. The fourth-order valence-corrected chi connectivity index (χ4v) is 12.2. The average molecular weight is 947 g/mol. The number of hydrogen-bond donors (Lipinski definition) is 0. The van der Waals surface area contributed by atoms with Gasteiger partial charge >= 0.3 is 6.71 Å². The zero-order valence-corrected chi connectivity index (χ0v) is 47.3. The van der Waals surface area contributed by atoms with E-state index in [4.69, 9.17) is 8.83 Å². The number of rotatable bonds is 3. The van der Waals surface area contributed by atoms with Crippen LogP contribution in [0.4, 0.5) is 34.1 Å². The van der Waals surface area contributed by atoms with E-state index in [0.717, 1.165) is 62.4 Å². The maximum absolute atomic E-state index is 7.77. The maximum atomic E-state index is 7.77. The molecule has 4 nitrogen and oxygen atoms in total. The van der Waals surface area contributed by atoms with E-state index in [1.165, 1.54) is 75.0 Å². The molecule has 1 atom stereocenters. The predicted molar refractivity (Wildman–Crippen MR) is 307 cm³/mol. The summed E-state index contributed by atoms with van der Waals surface area (Å²) in [5, 5.41) is 2.33. The number of hydrogen-bond acceptors (Lipinski definition) is 4. The molecule has 1 aliphatic carbocycles. The maximum Gasteiger partial charge on any atom is 0.342 e. The van der Waals surface area contributed by atoms with Crippen molar-refractivity contribution in [2.24, 2.45) is 5.41 Å². The highest BCUT2D eigenvalue weighted by atomic mass is 16.3. The van der Waals surface area contributed by atoms with Gasteiger partial charge in [0.2, 0.25) is 0 Å². The first-order valence-corrected chi connectivity index (χ1v) is 26.9. The van der Waals surface area contributed by atoms with Gasteiger partial charge in [0.15, 0.2) is 0 Å². The molecule has 3 aliphatic rings. The third-order valence-corrected chi connectivity index (χ3v) is 16.5. The minimum atomic E-state index is -0.311. The van der Waals surface area contributed by atoms with Gasteiger partial charge in [0, 0.05) is 44.6 Å². The van der Waals surface area contributed by atoms with Crippen molar-refractivity contribution in [2.45, 2.75) is 203 Å². The molecule has 0 saturated heterocycles. The van der Waals surface area contributed by atoms with E-state index in [0.29, 0.717) is 5.92 Å². The lowest BCUT2D eigenvalue weighted by Gasteiger charge is -2.42. The molecule has 7 aromatic rings. The van der Waals surface area contributed by atoms with Crippen LogP contribution in [0.15, 0.2) is 93.8 Å². The third kappa shape index (κ3) is 8.38. The van der Waals surface area contributed by atoms with Crippen molar-refractivity contribution in [1.29, 1.82) is 0 Å². The molecule has 2 aromatic heterocycles. The first-order valence-electron chi connectivity index (χ1n) is 26.9. The minimum Gasteiger partial charge on any atom is -0.468 e. The van der Waals surface area contributed by atoms with E-state index in [2.05, 4.69) is 233 Å². The molecule has 5 heteroatoms. The van der Waals surface area contributed by atoms with Gasteiger partial charge in [0.25, 0.3) is 0 Å². The second-order valence-corrected chi connectivity index (χ2v) is 29.1. The Morgan fingerprint density at radius 1 is 0.479 bits per heavy atom. The highest BCUT2D eigenvalue weighted by Crippen LogP contribution is 2.54. The fraction of sp³-hybridized carbons (Fsp3) is 0.485. The summed E-state index contributed by atoms with van der Waals surface area (Å²) in [5.41, 5.74) is 20.9. The van der Waals surface area contributed by atoms with E-state index >= 15 is 0 Å². The molecule has 1 saturated carbocycles. The molecule has 1 unspecified atom stereocenters. The SMILES string of the molecule is CC1(C)CCCC(c2cc3c4c(c2)N(c2ccc(C(C)(C)C)cc2)c2c(oc5c(C(C)(C)C)cc(C(C)(C)C)cc25)B4c2oc4c(C(C)(C)C)cc(C(C)(C)C)cc4c2N3c2ccc(C(C)(C)C)cc2)C1. The highest BCUT2D eigenvalue weighted by molar-refractivity contribution is 6.99. The Morgan fingerprint density at radius 3 is 1.20 bits per heavy atom. The monoisotopic (exact) mass is 947 g/mol. The molecule has 372 valence electrons. The molecule has 0 spiro atoms. The smallest absolute Gasteiger partial charge is 0.342 e. The van der Waals surface area contributed by atoms with Crippen molar-refractivity contribution in [3.8, 4) is 0 Å². The quantitative estimate of drug-likeness (QED) is 0.165. The zero-order valence-electron chi connectivity index (χ0n) is 47.3. The van der Waals surface area contributed by atoms with Gasteiger partial charge in [-0.15, -0.1) is 0 Å². The average Bonchev–Trinajstić information content (AvgIpc) is 3.82. The van der Waals surface area contributed by atoms with Crippen LogP contribution >= 0.6 is 0 Å². The predicted octanol–water partition coefficient (Wildman–Crippen LogP) is 17.7. The summed E-state index contributed by atoms with van der Waals surface area (Å²) in [4.78, 5) is 5.21. The Labute approximate surface area is 428 Å². The van der Waals surface area contributed by atoms with Gasteiger partial charge < -0.3 is 18.6 Å². The summed E-state index contributed by atoms with van der Waals surface area (Å²) in [7, 11) is 0. The van der Waals surface area contributed by atoms with Crippen molar-refractivity contribution in [2.75, 3.05) is 9.80 Å². The van der Waals surface area contributed by atoms with Gasteiger partial charge in [-0.2, -0.15) is 0 Å². The first kappa shape index (κ1) is 49.4. The molecule has 71 heavy (non-hydrogen) atoms. The van der Waals surface area contributed by atoms with Crippen LogP contribution < -0.4 is 26.6 Å². The molecule has 0 bridgehead atoms. The van der Waals surface area contributed by atoms with Crippen molar-refractivity contribution >= 4 is 79.6 Å². The largest absolute Gasteiger partial charge is 0.468 e. The van der Waals surface area contributed by atoms with Crippen LogP contribution in [-0.4, -0.2) is 6.71 Å². The summed E-state index contributed by atoms with van der Waals surface area (Å²) in [6.45, 7) is 46.6. The van der Waals surface area contributed by atoms with Gasteiger partial charge in [-0.1, -0.05) is 181 Å². The molecule has 5 aromatic carbocycles. The third-order valence-electron chi connectivity index (χ3n) is 16.5. The van der Waals surface area contributed by atoms with Crippen LogP contribution in [0.5, 0.6) is 0 Å². The molecule has 0 radical (unpaired) electrons. The lowest BCUT2D eigenvalue weighted by Crippen LogP contribution is -2.60. The Kier molecular flexibility index (Phi) is 11.1. The van der Waals surface area contributed by atoms with Gasteiger partial charge in [0.05, 0.1) is 11.4 Å². The van der Waals surface area contributed by atoms with Crippen LogP contribution in [0.2, 0.25) is 0 Å². The Bertz CT molecular complexity index is 3020. The highest BCUT2D eigenvalue weighted by Gasteiger charge is 2.51. The molecule has 4 heterocycles. The molecule has 10 rings (SSSR count). The van der Waals surface area contributed by atoms with E-state index in [-0.39, 0.29) is 44.6 Å². The van der Waals surface area contributed by atoms with Crippen LogP contribution in [-0.2, 0) is 32.5 Å². The van der Waals surface area contributed by atoms with Crippen molar-refractivity contribution < 1.29 is 8.83 Å². The number of furan rings is 2. The molecule has 0 amide bonds. The van der Waals surface area contributed by atoms with Crippen LogP contribution in [0.25, 0.3) is 21.9 Å². The lowest BCUT2D eigenvalue weighted by atomic mass is 9.37. The normalized spacial score (nSPS) is 17.5. The fourth-order valence-electron chi connectivity index (χ4n) is 12.2. The van der Waals surface area contributed by atoms with Gasteiger partial charge in [0.1, 0.15) is 22.5 Å². The lowest BCUT2D eigenvalue weighted by molar-refractivity contribution is 0.219. The Hall–Kier alpha value is -5.16. The summed E-state index contributed by atoms with van der Waals surface area (Å²) < 4.78 is 15.5. The zero-order chi connectivity index (χ0) is 51.5. The number of benzene rings is 5. The van der Waals surface area contributed by atoms with E-state index in [1.807, 2.05) is 0 Å². The number of fused-ring (bicyclic) bond motifs is 8. The van der Waals surface area contributed by atoms with Crippen LogP contribution in [0.3, 0.4) is 0 Å². The second kappa shape index (κ2) is 15.9.